The number of ether oxygens (including phenoxy) is 2. The van der Waals surface area contributed by atoms with Crippen molar-refractivity contribution in [3.05, 3.63) is 60.7 Å². The molecule has 0 amide bonds. The van der Waals surface area contributed by atoms with Crippen LogP contribution in [0.1, 0.15) is 40.5 Å². The summed E-state index contributed by atoms with van der Waals surface area (Å²) in [6.07, 6.45) is 2.38. The van der Waals surface area contributed by atoms with Gasteiger partial charge in [-0.3, -0.25) is 4.18 Å². The van der Waals surface area contributed by atoms with E-state index in [0.717, 1.165) is 19.1 Å². The zero-order chi connectivity index (χ0) is 26.6. The first-order chi connectivity index (χ1) is 16.9. The predicted octanol–water partition coefficient (Wildman–Crippen LogP) is 4.19. The van der Waals surface area contributed by atoms with Gasteiger partial charge in [0.05, 0.1) is 12.9 Å². The smallest absolute Gasteiger partial charge is 0.264 e. The normalized spacial score (nSPS) is 22.7. The van der Waals surface area contributed by atoms with Crippen LogP contribution in [0.3, 0.4) is 0 Å². The van der Waals surface area contributed by atoms with Crippen LogP contribution in [0, 0.1) is 17.3 Å². The fourth-order valence-electron chi connectivity index (χ4n) is 5.67. The molecular weight excluding hydrogens is 492 g/mol. The van der Waals surface area contributed by atoms with Crippen molar-refractivity contribution in [3.63, 3.8) is 0 Å². The van der Waals surface area contributed by atoms with Gasteiger partial charge < -0.3 is 13.9 Å². The summed E-state index contributed by atoms with van der Waals surface area (Å²) in [5.41, 5.74) is -0.305. The molecule has 0 aromatic heterocycles. The number of rotatable bonds is 13. The highest BCUT2D eigenvalue weighted by Crippen LogP contribution is 2.61. The van der Waals surface area contributed by atoms with Crippen molar-refractivity contribution >= 4 is 28.8 Å². The molecule has 0 saturated heterocycles. The lowest BCUT2D eigenvalue weighted by molar-refractivity contribution is -0.108. The molecular formula is C28H42O6SSi. The fourth-order valence-corrected chi connectivity index (χ4v) is 10.7. The molecule has 2 aromatic carbocycles. The van der Waals surface area contributed by atoms with Gasteiger partial charge in [0.2, 0.25) is 0 Å². The summed E-state index contributed by atoms with van der Waals surface area (Å²) in [6, 6.07) is 21.1. The van der Waals surface area contributed by atoms with Gasteiger partial charge in [-0.05, 0) is 40.1 Å². The Bertz CT molecular complexity index is 1030. The Morgan fingerprint density at radius 1 is 0.917 bits per heavy atom. The first-order valence-electron chi connectivity index (χ1n) is 12.5. The third-order valence-corrected chi connectivity index (χ3v) is 13.3. The van der Waals surface area contributed by atoms with Gasteiger partial charge in [-0.25, -0.2) is 0 Å². The van der Waals surface area contributed by atoms with Crippen molar-refractivity contribution in [2.75, 3.05) is 33.7 Å². The maximum Gasteiger partial charge on any atom is 0.264 e. The summed E-state index contributed by atoms with van der Waals surface area (Å²) < 4.78 is 46.9. The molecule has 0 N–H and O–H groups in total. The Morgan fingerprint density at radius 2 is 1.42 bits per heavy atom. The zero-order valence-corrected chi connectivity index (χ0v) is 24.5. The SMILES string of the molecule is COC(CC[C@H]1[C@H](CO[Si](c2ccccc2)(c2ccccc2)C(C)(C)C)[C@@]1(C)COS(C)(=O)=O)OC. The van der Waals surface area contributed by atoms with Crippen LogP contribution >= 0.6 is 0 Å². The topological polar surface area (TPSA) is 71.1 Å². The molecule has 0 unspecified atom stereocenters. The van der Waals surface area contributed by atoms with E-state index in [-0.39, 0.29) is 35.2 Å². The average molecular weight is 535 g/mol. The van der Waals surface area contributed by atoms with Gasteiger partial charge in [0.25, 0.3) is 18.4 Å². The number of methoxy groups -OCH3 is 2. The molecule has 0 heterocycles. The van der Waals surface area contributed by atoms with Crippen molar-refractivity contribution in [2.24, 2.45) is 17.3 Å². The standard InChI is InChI=1S/C28H42O6SSi/c1-27(2,3)36(22-14-10-8-11-15-22,23-16-12-9-13-17-23)34-20-25-24(18-19-26(31-5)32-6)28(25,4)21-33-35(7,29)30/h8-17,24-26H,18-21H2,1-7H3/t24-,25-,28-/m0/s1. The molecule has 0 spiro atoms. The Kier molecular flexibility index (Phi) is 9.23. The lowest BCUT2D eigenvalue weighted by Crippen LogP contribution is -2.66. The van der Waals surface area contributed by atoms with Crippen LogP contribution in [0.5, 0.6) is 0 Å². The maximum atomic E-state index is 11.8. The van der Waals surface area contributed by atoms with Crippen molar-refractivity contribution < 1.29 is 26.5 Å². The third kappa shape index (κ3) is 6.29. The molecule has 0 aliphatic heterocycles. The van der Waals surface area contributed by atoms with E-state index in [0.29, 0.717) is 6.61 Å². The van der Waals surface area contributed by atoms with Crippen LogP contribution in [0.4, 0.5) is 0 Å². The molecule has 200 valence electrons. The van der Waals surface area contributed by atoms with E-state index >= 15 is 0 Å². The molecule has 0 bridgehead atoms. The number of benzene rings is 2. The predicted molar refractivity (Wildman–Crippen MR) is 146 cm³/mol. The molecule has 3 rings (SSSR count). The first kappa shape index (κ1) is 29.0. The van der Waals surface area contributed by atoms with Crippen molar-refractivity contribution in [2.45, 2.75) is 51.9 Å². The average Bonchev–Trinajstić information content (AvgIpc) is 3.41. The summed E-state index contributed by atoms with van der Waals surface area (Å²) in [6.45, 7) is 9.57. The Hall–Kier alpha value is -1.55. The summed E-state index contributed by atoms with van der Waals surface area (Å²) in [4.78, 5) is 0. The van der Waals surface area contributed by atoms with Gasteiger partial charge in [-0.2, -0.15) is 8.42 Å². The highest BCUT2D eigenvalue weighted by molar-refractivity contribution is 7.85. The lowest BCUT2D eigenvalue weighted by Gasteiger charge is -2.43. The van der Waals surface area contributed by atoms with E-state index < -0.39 is 18.4 Å². The van der Waals surface area contributed by atoms with Gasteiger partial charge >= 0.3 is 0 Å². The minimum Gasteiger partial charge on any atom is -0.407 e. The summed E-state index contributed by atoms with van der Waals surface area (Å²) in [5, 5.41) is 2.33. The van der Waals surface area contributed by atoms with E-state index in [9.17, 15) is 8.42 Å². The largest absolute Gasteiger partial charge is 0.407 e. The maximum absolute atomic E-state index is 11.8. The van der Waals surface area contributed by atoms with E-state index in [1.54, 1.807) is 14.2 Å². The molecule has 8 heteroatoms. The van der Waals surface area contributed by atoms with Gasteiger partial charge in [0, 0.05) is 26.2 Å². The van der Waals surface area contributed by atoms with E-state index in [1.165, 1.54) is 10.4 Å². The highest BCUT2D eigenvalue weighted by atomic mass is 32.2. The molecule has 2 aromatic rings. The monoisotopic (exact) mass is 534 g/mol. The van der Waals surface area contributed by atoms with Crippen molar-refractivity contribution in [3.8, 4) is 0 Å². The second kappa shape index (κ2) is 11.5. The summed E-state index contributed by atoms with van der Waals surface area (Å²) in [5.74, 6) is 0.403. The zero-order valence-electron chi connectivity index (χ0n) is 22.7. The molecule has 1 aliphatic carbocycles. The van der Waals surface area contributed by atoms with Crippen molar-refractivity contribution in [1.82, 2.24) is 0 Å². The van der Waals surface area contributed by atoms with Crippen LogP contribution in [-0.2, 0) is 28.2 Å². The van der Waals surface area contributed by atoms with Crippen LogP contribution in [0.15, 0.2) is 60.7 Å². The second-order valence-electron chi connectivity index (χ2n) is 11.1. The molecule has 6 nitrogen and oxygen atoms in total. The second-order valence-corrected chi connectivity index (χ2v) is 17.1. The van der Waals surface area contributed by atoms with Gasteiger partial charge in [0.1, 0.15) is 0 Å². The fraction of sp³-hybridized carbons (Fsp3) is 0.571. The Morgan fingerprint density at radius 3 is 1.83 bits per heavy atom. The highest BCUT2D eigenvalue weighted by Gasteiger charge is 2.62. The van der Waals surface area contributed by atoms with E-state index in [1.807, 2.05) is 12.1 Å². The first-order valence-corrected chi connectivity index (χ1v) is 16.3. The van der Waals surface area contributed by atoms with Gasteiger partial charge in [-0.1, -0.05) is 88.4 Å². The Labute approximate surface area is 218 Å². The van der Waals surface area contributed by atoms with Crippen LogP contribution < -0.4 is 10.4 Å². The molecule has 1 fully saturated rings. The molecule has 1 saturated carbocycles. The molecule has 1 aliphatic rings. The third-order valence-electron chi connectivity index (χ3n) is 7.79. The van der Waals surface area contributed by atoms with Crippen molar-refractivity contribution in [1.29, 1.82) is 0 Å². The minimum absolute atomic E-state index is 0.128. The van der Waals surface area contributed by atoms with Gasteiger partial charge in [-0.15, -0.1) is 0 Å². The number of hydrogen-bond acceptors (Lipinski definition) is 6. The molecule has 3 atom stereocenters. The lowest BCUT2D eigenvalue weighted by atomic mass is 10.0. The van der Waals surface area contributed by atoms with Crippen LogP contribution in [0.2, 0.25) is 5.04 Å². The molecule has 0 radical (unpaired) electrons. The van der Waals surface area contributed by atoms with Crippen LogP contribution in [-0.4, -0.2) is 56.7 Å². The van der Waals surface area contributed by atoms with E-state index in [4.69, 9.17) is 18.1 Å². The minimum atomic E-state index is -3.54. The van der Waals surface area contributed by atoms with Gasteiger partial charge in [0.15, 0.2) is 6.29 Å². The van der Waals surface area contributed by atoms with E-state index in [2.05, 4.69) is 76.2 Å². The summed E-state index contributed by atoms with van der Waals surface area (Å²) in [7, 11) is -2.96. The Balaban J connectivity index is 1.93. The number of hydrogen-bond donors (Lipinski definition) is 0. The quantitative estimate of drug-likeness (QED) is 0.218. The summed E-state index contributed by atoms with van der Waals surface area (Å²) >= 11 is 0. The molecule has 36 heavy (non-hydrogen) atoms. The van der Waals surface area contributed by atoms with Crippen LogP contribution in [0.25, 0.3) is 0 Å².